The van der Waals surface area contributed by atoms with E-state index in [1.807, 2.05) is 60.7 Å². The van der Waals surface area contributed by atoms with Gasteiger partial charge in [-0.15, -0.1) is 0 Å². The third kappa shape index (κ3) is 5.30. The molecule has 0 saturated carbocycles. The highest BCUT2D eigenvalue weighted by Crippen LogP contribution is 2.27. The third-order valence-corrected chi connectivity index (χ3v) is 5.09. The van der Waals surface area contributed by atoms with Crippen LogP contribution >= 0.6 is 0 Å². The van der Waals surface area contributed by atoms with Gasteiger partial charge < -0.3 is 15.2 Å². The fraction of sp³-hybridized carbons (Fsp3) is 0.0370. The molecule has 2 N–H and O–H groups in total. The van der Waals surface area contributed by atoms with Crippen LogP contribution in [-0.4, -0.2) is 24.8 Å². The van der Waals surface area contributed by atoms with Gasteiger partial charge in [0.1, 0.15) is 20.2 Å². The number of carbonyl (C=O) groups is 2. The summed E-state index contributed by atoms with van der Waals surface area (Å²) in [5.74, 6) is -1.31. The number of nitrogens with one attached hydrogen (secondary N) is 1. The lowest BCUT2D eigenvalue weighted by Crippen LogP contribution is -2.18. The minimum absolute atomic E-state index is 0.0151. The minimum atomic E-state index is -1.14. The second-order valence-electron chi connectivity index (χ2n) is 7.42. The number of carboxylic acid groups (broad SMARTS) is 1. The zero-order chi connectivity index (χ0) is 23.2. The van der Waals surface area contributed by atoms with E-state index < -0.39 is 11.9 Å². The van der Waals surface area contributed by atoms with Crippen molar-refractivity contribution in [3.63, 3.8) is 0 Å². The zero-order valence-corrected chi connectivity index (χ0v) is 17.7. The van der Waals surface area contributed by atoms with Gasteiger partial charge in [0.2, 0.25) is 0 Å². The Kier molecular flexibility index (Phi) is 6.55. The summed E-state index contributed by atoms with van der Waals surface area (Å²) in [5, 5.41) is 12.4. The lowest BCUT2D eigenvalue weighted by Gasteiger charge is -2.15. The van der Waals surface area contributed by atoms with Crippen molar-refractivity contribution in [1.29, 1.82) is 0 Å². The van der Waals surface area contributed by atoms with Crippen LogP contribution in [0.25, 0.3) is 11.1 Å². The van der Waals surface area contributed by atoms with Gasteiger partial charge in [0.15, 0.2) is 0 Å². The van der Waals surface area contributed by atoms with Gasteiger partial charge in [0.25, 0.3) is 5.91 Å². The zero-order valence-electron chi connectivity index (χ0n) is 17.7. The van der Waals surface area contributed by atoms with Crippen molar-refractivity contribution < 1.29 is 19.4 Å². The number of rotatable bonds is 7. The van der Waals surface area contributed by atoms with Crippen molar-refractivity contribution in [2.75, 3.05) is 5.32 Å². The molecule has 0 unspecified atom stereocenters. The Labute approximate surface area is 193 Å². The van der Waals surface area contributed by atoms with E-state index in [0.717, 1.165) is 16.7 Å². The summed E-state index contributed by atoms with van der Waals surface area (Å²) >= 11 is 0. The molecule has 4 aromatic rings. The SMILES string of the molecule is [B]c1ccc(OCc2ccccc2)c(C(=O)Nc2cc(-c3ccccc3)ccc2C(=O)O)c1. The molecule has 5 nitrogen and oxygen atoms in total. The molecular weight excluding hydrogens is 413 g/mol. The van der Waals surface area contributed by atoms with Crippen molar-refractivity contribution >= 4 is 30.9 Å². The average Bonchev–Trinajstić information content (AvgIpc) is 2.84. The number of carbonyl (C=O) groups excluding carboxylic acids is 1. The molecule has 0 saturated heterocycles. The maximum Gasteiger partial charge on any atom is 0.337 e. The summed E-state index contributed by atoms with van der Waals surface area (Å²) < 4.78 is 5.88. The van der Waals surface area contributed by atoms with Gasteiger partial charge in [-0.3, -0.25) is 4.79 Å². The van der Waals surface area contributed by atoms with Crippen LogP contribution in [0, 0.1) is 0 Å². The van der Waals surface area contributed by atoms with Crippen molar-refractivity contribution in [3.05, 3.63) is 114 Å². The molecule has 33 heavy (non-hydrogen) atoms. The van der Waals surface area contributed by atoms with E-state index in [1.165, 1.54) is 12.1 Å². The van der Waals surface area contributed by atoms with E-state index in [9.17, 15) is 14.7 Å². The molecule has 0 atom stereocenters. The minimum Gasteiger partial charge on any atom is -0.488 e. The monoisotopic (exact) mass is 433 g/mol. The maximum atomic E-state index is 13.2. The number of hydrogen-bond acceptors (Lipinski definition) is 3. The molecule has 4 aromatic carbocycles. The normalized spacial score (nSPS) is 10.4. The summed E-state index contributed by atoms with van der Waals surface area (Å²) in [5.41, 5.74) is 3.41. The molecule has 0 aliphatic heterocycles. The van der Waals surface area contributed by atoms with Crippen LogP contribution in [0.2, 0.25) is 0 Å². The predicted octanol–water partition coefficient (Wildman–Crippen LogP) is 4.68. The van der Waals surface area contributed by atoms with E-state index in [1.54, 1.807) is 24.3 Å². The number of carboxylic acids is 1. The van der Waals surface area contributed by atoms with Crippen molar-refractivity contribution in [2.45, 2.75) is 6.61 Å². The maximum absolute atomic E-state index is 13.2. The molecule has 0 aliphatic carbocycles. The van der Waals surface area contributed by atoms with Gasteiger partial charge in [-0.2, -0.15) is 0 Å². The van der Waals surface area contributed by atoms with Gasteiger partial charge >= 0.3 is 5.97 Å². The third-order valence-electron chi connectivity index (χ3n) is 5.09. The Morgan fingerprint density at radius 1 is 0.788 bits per heavy atom. The second kappa shape index (κ2) is 9.87. The summed E-state index contributed by atoms with van der Waals surface area (Å²) in [6.07, 6.45) is 0. The average molecular weight is 433 g/mol. The van der Waals surface area contributed by atoms with Crippen molar-refractivity contribution in [2.24, 2.45) is 0 Å². The lowest BCUT2D eigenvalue weighted by molar-refractivity contribution is 0.0698. The quantitative estimate of drug-likeness (QED) is 0.415. The highest BCUT2D eigenvalue weighted by atomic mass is 16.5. The van der Waals surface area contributed by atoms with E-state index in [-0.39, 0.29) is 23.4 Å². The van der Waals surface area contributed by atoms with E-state index in [4.69, 9.17) is 12.6 Å². The largest absolute Gasteiger partial charge is 0.488 e. The first-order chi connectivity index (χ1) is 16.0. The standard InChI is InChI=1S/C27H20BNO4/c28-21-12-14-25(33-17-18-7-3-1-4-8-18)23(16-21)26(30)29-24-15-20(11-13-22(24)27(31)32)19-9-5-2-6-10-19/h1-16H,17H2,(H,29,30)(H,31,32). The topological polar surface area (TPSA) is 75.6 Å². The summed E-state index contributed by atoms with van der Waals surface area (Å²) in [6.45, 7) is 0.273. The number of hydrogen-bond donors (Lipinski definition) is 2. The predicted molar refractivity (Wildman–Crippen MR) is 129 cm³/mol. The molecule has 1 amide bonds. The van der Waals surface area contributed by atoms with Crippen molar-refractivity contribution in [1.82, 2.24) is 0 Å². The number of anilines is 1. The summed E-state index contributed by atoms with van der Waals surface area (Å²) in [6, 6.07) is 28.7. The van der Waals surface area contributed by atoms with E-state index in [0.29, 0.717) is 11.2 Å². The molecule has 2 radical (unpaired) electrons. The molecule has 0 fully saturated rings. The first kappa shape index (κ1) is 21.9. The molecule has 0 aromatic heterocycles. The number of aromatic carboxylic acids is 1. The smallest absolute Gasteiger partial charge is 0.337 e. The highest BCUT2D eigenvalue weighted by molar-refractivity contribution is 6.33. The molecule has 0 aliphatic rings. The van der Waals surface area contributed by atoms with Gasteiger partial charge in [0.05, 0.1) is 16.8 Å². The van der Waals surface area contributed by atoms with Crippen LogP contribution in [0.1, 0.15) is 26.3 Å². The van der Waals surface area contributed by atoms with Crippen LogP contribution in [0.5, 0.6) is 5.75 Å². The Hall–Kier alpha value is -4.32. The van der Waals surface area contributed by atoms with Crippen LogP contribution in [0.15, 0.2) is 97.1 Å². The first-order valence-corrected chi connectivity index (χ1v) is 10.3. The molecular formula is C27H20BNO4. The van der Waals surface area contributed by atoms with Crippen LogP contribution in [-0.2, 0) is 6.61 Å². The Bertz CT molecular complexity index is 1290. The molecule has 0 spiro atoms. The van der Waals surface area contributed by atoms with Gasteiger partial charge in [-0.25, -0.2) is 4.79 Å². The summed E-state index contributed by atoms with van der Waals surface area (Å²) in [4.78, 5) is 25.0. The number of amides is 1. The molecule has 4 rings (SSSR count). The molecule has 0 bridgehead atoms. The Morgan fingerprint density at radius 3 is 2.18 bits per heavy atom. The molecule has 6 heteroatoms. The lowest BCUT2D eigenvalue weighted by atomic mass is 9.93. The first-order valence-electron chi connectivity index (χ1n) is 10.3. The van der Waals surface area contributed by atoms with Crippen molar-refractivity contribution in [3.8, 4) is 16.9 Å². The van der Waals surface area contributed by atoms with Gasteiger partial charge in [-0.05, 0) is 34.9 Å². The van der Waals surface area contributed by atoms with Crippen LogP contribution in [0.3, 0.4) is 0 Å². The fourth-order valence-electron chi connectivity index (χ4n) is 3.42. The summed E-state index contributed by atoms with van der Waals surface area (Å²) in [7, 11) is 5.91. The Morgan fingerprint density at radius 2 is 1.48 bits per heavy atom. The Balaban J connectivity index is 1.64. The van der Waals surface area contributed by atoms with E-state index >= 15 is 0 Å². The van der Waals surface area contributed by atoms with Gasteiger partial charge in [-0.1, -0.05) is 84.3 Å². The van der Waals surface area contributed by atoms with Crippen LogP contribution in [0.4, 0.5) is 5.69 Å². The van der Waals surface area contributed by atoms with Crippen LogP contribution < -0.4 is 15.5 Å². The number of benzene rings is 4. The number of ether oxygens (including phenoxy) is 1. The van der Waals surface area contributed by atoms with E-state index in [2.05, 4.69) is 5.32 Å². The fourth-order valence-corrected chi connectivity index (χ4v) is 3.42. The molecule has 0 heterocycles. The molecule has 160 valence electrons. The second-order valence-corrected chi connectivity index (χ2v) is 7.42. The highest BCUT2D eigenvalue weighted by Gasteiger charge is 2.18. The van der Waals surface area contributed by atoms with Gasteiger partial charge in [0, 0.05) is 0 Å².